The Bertz CT molecular complexity index is 3080. The first-order valence-electron chi connectivity index (χ1n) is 24.0. The van der Waals surface area contributed by atoms with E-state index in [2.05, 4.69) is 60.5 Å². The molecule has 0 atom stereocenters. The maximum absolute atomic E-state index is 16.0. The van der Waals surface area contributed by atoms with E-state index in [-0.39, 0.29) is 29.6 Å². The number of nitro groups is 1. The van der Waals surface area contributed by atoms with E-state index in [1.165, 1.54) is 16.7 Å². The van der Waals surface area contributed by atoms with Gasteiger partial charge in [0.15, 0.2) is 11.4 Å². The molecule has 2 N–H and O–H groups in total. The van der Waals surface area contributed by atoms with Crippen LogP contribution in [-0.4, -0.2) is 126 Å². The van der Waals surface area contributed by atoms with Gasteiger partial charge in [0.1, 0.15) is 17.8 Å². The molecule has 19 heteroatoms. The number of piperidine rings is 1. The molecule has 1 amide bonds. The number of ether oxygens (including phenoxy) is 2. The van der Waals surface area contributed by atoms with E-state index >= 15 is 4.39 Å². The number of hydrogen-bond acceptors (Lipinski definition) is 12. The molecule has 3 fully saturated rings. The molecular weight excluding hydrogens is 937 g/mol. The van der Waals surface area contributed by atoms with Gasteiger partial charge in [-0.05, 0) is 116 Å². The number of alkyl halides is 1. The summed E-state index contributed by atoms with van der Waals surface area (Å²) in [6.07, 6.45) is 8.70. The van der Waals surface area contributed by atoms with Gasteiger partial charge in [-0.2, -0.15) is 0 Å². The van der Waals surface area contributed by atoms with Crippen LogP contribution in [-0.2, 0) is 14.8 Å². The summed E-state index contributed by atoms with van der Waals surface area (Å²) in [6.45, 7) is 10.6. The highest BCUT2D eigenvalue weighted by Gasteiger charge is 2.39. The molecule has 6 heterocycles. The second kappa shape index (κ2) is 19.4. The van der Waals surface area contributed by atoms with Crippen LogP contribution in [0.2, 0.25) is 5.02 Å². The minimum atomic E-state index is -4.69. The summed E-state index contributed by atoms with van der Waals surface area (Å²) in [5.41, 5.74) is 4.89. The summed E-state index contributed by atoms with van der Waals surface area (Å²) >= 11 is 6.27. The first-order chi connectivity index (χ1) is 33.6. The molecule has 3 saturated heterocycles. The molecule has 0 radical (unpaired) electrons. The zero-order chi connectivity index (χ0) is 48.8. The number of nitro benzene ring substituents is 1. The van der Waals surface area contributed by atoms with Gasteiger partial charge in [-0.1, -0.05) is 43.2 Å². The summed E-state index contributed by atoms with van der Waals surface area (Å²) in [7, 11) is -4.69. The normalized spacial score (nSPS) is 19.5. The van der Waals surface area contributed by atoms with Crippen LogP contribution in [0, 0.1) is 15.5 Å². The molecule has 3 aliphatic heterocycles. The van der Waals surface area contributed by atoms with Gasteiger partial charge in [0, 0.05) is 99.6 Å². The van der Waals surface area contributed by atoms with Crippen molar-refractivity contribution in [2.75, 3.05) is 70.5 Å². The van der Waals surface area contributed by atoms with E-state index in [0.717, 1.165) is 86.0 Å². The van der Waals surface area contributed by atoms with Crippen molar-refractivity contribution in [2.24, 2.45) is 5.41 Å². The third-order valence-corrected chi connectivity index (χ3v) is 16.2. The van der Waals surface area contributed by atoms with Gasteiger partial charge in [-0.3, -0.25) is 34.5 Å². The number of likely N-dealkylation sites (tertiary alicyclic amines) is 1. The molecule has 1 aliphatic carbocycles. The van der Waals surface area contributed by atoms with E-state index in [4.69, 9.17) is 21.1 Å². The standard InChI is InChI=1S/C51H57ClFN9O7S/c1-50(2)15-11-36(42(30-50)34-3-5-37(52)6-4-34)32-58-21-23-60(24-22-58)39-7-9-41(44(28-39)61-45-27-35-12-18-54-48(35)56-43(45)31-55-61)49(63)57-70(66,67)40-8-10-47(46(29-40)62(64)65)69-33-51(53)16-19-59(20-17-51)38-13-25-68-26-14-38/h3-10,12,18,27-29,31,38,55H,11,13-17,19-26,30,32-33H2,1-2H3,(H,57,63). The maximum Gasteiger partial charge on any atom is 0.312 e. The smallest absolute Gasteiger partial charge is 0.312 e. The van der Waals surface area contributed by atoms with Crippen molar-refractivity contribution in [3.05, 3.63) is 117 Å². The van der Waals surface area contributed by atoms with E-state index in [9.17, 15) is 23.3 Å². The van der Waals surface area contributed by atoms with Gasteiger partial charge < -0.3 is 14.4 Å². The molecule has 0 spiro atoms. The molecule has 3 aromatic carbocycles. The lowest BCUT2D eigenvalue weighted by Crippen LogP contribution is -2.50. The maximum atomic E-state index is 16.0. The molecule has 368 valence electrons. The Morgan fingerprint density at radius 2 is 1.74 bits per heavy atom. The number of allylic oxidation sites excluding steroid dienone is 1. The number of fused-ring (bicyclic) bond motifs is 2. The Kier molecular flexibility index (Phi) is 13.2. The number of pyridine rings is 1. The molecule has 10 rings (SSSR count). The molecule has 0 saturated carbocycles. The number of carbonyl (C=O) groups is 1. The molecule has 0 unspecified atom stereocenters. The highest BCUT2D eigenvalue weighted by atomic mass is 35.5. The number of amides is 1. The number of aromatic nitrogens is 4. The molecular formula is C51H57ClFN9O7S. The van der Waals surface area contributed by atoms with Crippen molar-refractivity contribution in [3.8, 4) is 11.4 Å². The van der Waals surface area contributed by atoms with Crippen molar-refractivity contribution in [1.29, 1.82) is 0 Å². The van der Waals surface area contributed by atoms with Gasteiger partial charge in [-0.15, -0.1) is 0 Å². The number of halogens is 2. The summed E-state index contributed by atoms with van der Waals surface area (Å²) < 4.78 is 58.9. The van der Waals surface area contributed by atoms with E-state index in [1.807, 2.05) is 30.3 Å². The predicted molar refractivity (Wildman–Crippen MR) is 267 cm³/mol. The first-order valence-corrected chi connectivity index (χ1v) is 25.9. The third kappa shape index (κ3) is 10.1. The number of sulfonamides is 1. The van der Waals surface area contributed by atoms with Crippen molar-refractivity contribution in [1.82, 2.24) is 34.3 Å². The third-order valence-electron chi connectivity index (χ3n) is 14.6. The Morgan fingerprint density at radius 3 is 2.49 bits per heavy atom. The summed E-state index contributed by atoms with van der Waals surface area (Å²) in [4.78, 5) is 41.3. The van der Waals surface area contributed by atoms with Crippen LogP contribution in [0.3, 0.4) is 0 Å². The largest absolute Gasteiger partial charge is 0.483 e. The summed E-state index contributed by atoms with van der Waals surface area (Å²) in [6, 6.07) is 20.6. The molecule has 16 nitrogen and oxygen atoms in total. The van der Waals surface area contributed by atoms with Crippen LogP contribution < -0.4 is 14.4 Å². The number of piperazine rings is 1. The van der Waals surface area contributed by atoms with Gasteiger partial charge in [-0.25, -0.2) is 27.5 Å². The number of nitrogens with one attached hydrogen (secondary N) is 2. The summed E-state index contributed by atoms with van der Waals surface area (Å²) in [5, 5.41) is 17.0. The second-order valence-corrected chi connectivity index (χ2v) is 22.0. The number of aromatic amines is 1. The lowest BCUT2D eigenvalue weighted by molar-refractivity contribution is -0.386. The van der Waals surface area contributed by atoms with Crippen molar-refractivity contribution >= 4 is 66.5 Å². The Balaban J connectivity index is 0.873. The lowest BCUT2D eigenvalue weighted by Gasteiger charge is -2.41. The van der Waals surface area contributed by atoms with Crippen LogP contribution >= 0.6 is 11.6 Å². The number of nitrogens with zero attached hydrogens (tertiary/aromatic N) is 7. The molecule has 4 aliphatic rings. The zero-order valence-corrected chi connectivity index (χ0v) is 40.9. The Hall–Kier alpha value is -5.92. The quantitative estimate of drug-likeness (QED) is 0.0831. The number of H-pyrrole nitrogens is 1. The topological polar surface area (TPSA) is 181 Å². The number of carbonyl (C=O) groups excluding carboxylic acids is 1. The Labute approximate surface area is 411 Å². The number of rotatable bonds is 13. The van der Waals surface area contributed by atoms with E-state index < -0.39 is 43.7 Å². The highest BCUT2D eigenvalue weighted by molar-refractivity contribution is 7.90. The summed E-state index contributed by atoms with van der Waals surface area (Å²) in [5.74, 6) is -1.23. The number of hydrogen-bond donors (Lipinski definition) is 2. The van der Waals surface area contributed by atoms with E-state index in [1.54, 1.807) is 29.2 Å². The van der Waals surface area contributed by atoms with E-state index in [0.29, 0.717) is 67.8 Å². The molecule has 0 bridgehead atoms. The molecule has 3 aromatic heterocycles. The van der Waals surface area contributed by atoms with Gasteiger partial charge in [0.05, 0.1) is 26.6 Å². The van der Waals surface area contributed by atoms with Crippen LogP contribution in [0.5, 0.6) is 5.75 Å². The van der Waals surface area contributed by atoms with Crippen molar-refractivity contribution in [3.63, 3.8) is 0 Å². The zero-order valence-electron chi connectivity index (χ0n) is 39.3. The van der Waals surface area contributed by atoms with Gasteiger partial charge >= 0.3 is 5.69 Å². The van der Waals surface area contributed by atoms with Gasteiger partial charge in [0.25, 0.3) is 15.9 Å². The fourth-order valence-corrected chi connectivity index (χ4v) is 11.6. The van der Waals surface area contributed by atoms with Crippen molar-refractivity contribution in [2.45, 2.75) is 75.4 Å². The molecule has 70 heavy (non-hydrogen) atoms. The fourth-order valence-electron chi connectivity index (χ4n) is 10.5. The van der Waals surface area contributed by atoms with Crippen LogP contribution in [0.4, 0.5) is 15.8 Å². The molecule has 6 aromatic rings. The number of anilines is 1. The monoisotopic (exact) mass is 993 g/mol. The average molecular weight is 995 g/mol. The average Bonchev–Trinajstić information content (AvgIpc) is 4.00. The highest BCUT2D eigenvalue weighted by Crippen LogP contribution is 2.44. The SMILES string of the molecule is CC1(C)CCC(CN2CCN(c3ccc(C(=O)NS(=O)(=O)c4ccc(OCC5(F)CCN(C6CCOCC6)CC5)c([N+](=O)[O-])c4)c(-n4[nH]cc5nc6nccc6cc54)c3)CC2)=C(c2ccc(Cl)cc2)C1. The number of benzene rings is 3. The predicted octanol–water partition coefficient (Wildman–Crippen LogP) is 8.73. The lowest BCUT2D eigenvalue weighted by atomic mass is 9.72. The fraction of sp³-hybridized carbons (Fsp3) is 0.431. The Morgan fingerprint density at radius 1 is 0.986 bits per heavy atom. The van der Waals surface area contributed by atoms with Crippen LogP contribution in [0.15, 0.2) is 95.7 Å². The van der Waals surface area contributed by atoms with Gasteiger partial charge in [0.2, 0.25) is 0 Å². The minimum Gasteiger partial charge on any atom is -0.483 e. The minimum absolute atomic E-state index is 0.0212. The van der Waals surface area contributed by atoms with Crippen LogP contribution in [0.1, 0.15) is 74.7 Å². The second-order valence-electron chi connectivity index (χ2n) is 19.9. The first kappa shape index (κ1) is 47.7. The van der Waals surface area contributed by atoms with Crippen LogP contribution in [0.25, 0.3) is 33.3 Å². The van der Waals surface area contributed by atoms with Crippen molar-refractivity contribution < 1.29 is 32.0 Å².